The first-order chi connectivity index (χ1) is 12.3. The molecule has 1 atom stereocenters. The molecule has 1 fully saturated rings. The molecule has 0 aliphatic carbocycles. The number of urea groups is 1. The van der Waals surface area contributed by atoms with Gasteiger partial charge in [-0.25, -0.2) is 4.79 Å². The van der Waals surface area contributed by atoms with Crippen LogP contribution in [0, 0.1) is 0 Å². The maximum atomic E-state index is 12.7. The monoisotopic (exact) mass is 369 g/mol. The Balaban J connectivity index is 2.01. The zero-order chi connectivity index (χ0) is 19.2. The number of carbonyl (C=O) groups is 2. The van der Waals surface area contributed by atoms with E-state index in [-0.39, 0.29) is 19.1 Å². The SMILES string of the molecule is C=CCNC(=O)NC(=O)CN1CCCCC1c1ccc(C(F)(F)F)cc1. The van der Waals surface area contributed by atoms with Crippen LogP contribution in [0.3, 0.4) is 0 Å². The van der Waals surface area contributed by atoms with Gasteiger partial charge in [0.25, 0.3) is 0 Å². The Morgan fingerprint density at radius 3 is 2.54 bits per heavy atom. The number of hydrogen-bond donors (Lipinski definition) is 2. The van der Waals surface area contributed by atoms with Gasteiger partial charge in [-0.05, 0) is 37.1 Å². The topological polar surface area (TPSA) is 61.4 Å². The lowest BCUT2D eigenvalue weighted by Crippen LogP contribution is -2.46. The van der Waals surface area contributed by atoms with E-state index in [9.17, 15) is 22.8 Å². The van der Waals surface area contributed by atoms with Crippen LogP contribution in [0.1, 0.15) is 36.4 Å². The van der Waals surface area contributed by atoms with Gasteiger partial charge in [-0.3, -0.25) is 15.0 Å². The summed E-state index contributed by atoms with van der Waals surface area (Å²) in [7, 11) is 0. The minimum atomic E-state index is -4.37. The molecule has 2 N–H and O–H groups in total. The largest absolute Gasteiger partial charge is 0.416 e. The minimum Gasteiger partial charge on any atom is -0.334 e. The third-order valence-electron chi connectivity index (χ3n) is 4.24. The summed E-state index contributed by atoms with van der Waals surface area (Å²) in [4.78, 5) is 25.5. The molecule has 2 rings (SSSR count). The van der Waals surface area contributed by atoms with Crippen molar-refractivity contribution in [2.75, 3.05) is 19.6 Å². The number of hydrogen-bond acceptors (Lipinski definition) is 3. The first kappa shape index (κ1) is 20.0. The van der Waals surface area contributed by atoms with E-state index in [1.54, 1.807) is 0 Å². The maximum absolute atomic E-state index is 12.7. The van der Waals surface area contributed by atoms with Crippen molar-refractivity contribution >= 4 is 11.9 Å². The molecule has 1 unspecified atom stereocenters. The van der Waals surface area contributed by atoms with Gasteiger partial charge in [0.15, 0.2) is 0 Å². The molecule has 1 heterocycles. The summed E-state index contributed by atoms with van der Waals surface area (Å²) in [6.07, 6.45) is -0.295. The third-order valence-corrected chi connectivity index (χ3v) is 4.24. The van der Waals surface area contributed by atoms with Crippen LogP contribution in [0.2, 0.25) is 0 Å². The van der Waals surface area contributed by atoms with Crippen LogP contribution in [0.4, 0.5) is 18.0 Å². The van der Waals surface area contributed by atoms with Crippen molar-refractivity contribution in [1.82, 2.24) is 15.5 Å². The molecule has 1 aliphatic heterocycles. The van der Waals surface area contributed by atoms with E-state index in [2.05, 4.69) is 17.2 Å². The second-order valence-electron chi connectivity index (χ2n) is 6.15. The zero-order valence-electron chi connectivity index (χ0n) is 14.3. The fraction of sp³-hybridized carbons (Fsp3) is 0.444. The first-order valence-electron chi connectivity index (χ1n) is 8.41. The number of nitrogens with one attached hydrogen (secondary N) is 2. The van der Waals surface area contributed by atoms with E-state index in [4.69, 9.17) is 0 Å². The highest BCUT2D eigenvalue weighted by molar-refractivity contribution is 5.95. The standard InChI is InChI=1S/C18H22F3N3O2/c1-2-10-22-17(26)23-16(25)12-24-11-4-3-5-15(24)13-6-8-14(9-7-13)18(19,20)21/h2,6-9,15H,1,3-5,10-12H2,(H2,22,23,25,26). The molecule has 0 spiro atoms. The number of rotatable bonds is 5. The number of halogens is 3. The Morgan fingerprint density at radius 1 is 1.23 bits per heavy atom. The fourth-order valence-corrected chi connectivity index (χ4v) is 3.01. The lowest BCUT2D eigenvalue weighted by Gasteiger charge is -2.35. The molecule has 5 nitrogen and oxygen atoms in total. The Labute approximate surface area is 150 Å². The molecule has 0 saturated carbocycles. The predicted octanol–water partition coefficient (Wildman–Crippen LogP) is 3.24. The Bertz CT molecular complexity index is 644. The number of nitrogens with zero attached hydrogens (tertiary/aromatic N) is 1. The number of carbonyl (C=O) groups excluding carboxylic acids is 2. The van der Waals surface area contributed by atoms with Gasteiger partial charge >= 0.3 is 12.2 Å². The number of imide groups is 1. The van der Waals surface area contributed by atoms with Gasteiger partial charge in [-0.2, -0.15) is 13.2 Å². The molecule has 8 heteroatoms. The van der Waals surface area contributed by atoms with Gasteiger partial charge in [-0.15, -0.1) is 6.58 Å². The van der Waals surface area contributed by atoms with E-state index in [1.807, 2.05) is 4.90 Å². The molecule has 1 aromatic carbocycles. The van der Waals surface area contributed by atoms with Gasteiger partial charge in [0.2, 0.25) is 5.91 Å². The van der Waals surface area contributed by atoms with Crippen LogP contribution in [0.15, 0.2) is 36.9 Å². The van der Waals surface area contributed by atoms with Crippen LogP contribution < -0.4 is 10.6 Å². The molecule has 142 valence electrons. The van der Waals surface area contributed by atoms with Crippen LogP contribution in [0.5, 0.6) is 0 Å². The average molecular weight is 369 g/mol. The van der Waals surface area contributed by atoms with Crippen molar-refractivity contribution < 1.29 is 22.8 Å². The fourth-order valence-electron chi connectivity index (χ4n) is 3.01. The molecule has 26 heavy (non-hydrogen) atoms. The van der Waals surface area contributed by atoms with Crippen LogP contribution in [0.25, 0.3) is 0 Å². The zero-order valence-corrected chi connectivity index (χ0v) is 14.3. The van der Waals surface area contributed by atoms with Gasteiger partial charge in [0.05, 0.1) is 12.1 Å². The Hall–Kier alpha value is -2.35. The number of likely N-dealkylation sites (tertiary alicyclic amines) is 1. The van der Waals surface area contributed by atoms with Crippen molar-refractivity contribution in [2.45, 2.75) is 31.5 Å². The summed E-state index contributed by atoms with van der Waals surface area (Å²) in [5.74, 6) is -0.453. The van der Waals surface area contributed by atoms with Gasteiger partial charge in [0.1, 0.15) is 0 Å². The molecule has 0 aromatic heterocycles. The minimum absolute atomic E-state index is 0.00714. The molecule has 1 saturated heterocycles. The van der Waals surface area contributed by atoms with Gasteiger partial charge in [0, 0.05) is 12.6 Å². The van der Waals surface area contributed by atoms with Crippen LogP contribution in [-0.2, 0) is 11.0 Å². The summed E-state index contributed by atoms with van der Waals surface area (Å²) >= 11 is 0. The second-order valence-corrected chi connectivity index (χ2v) is 6.15. The van der Waals surface area contributed by atoms with Crippen molar-refractivity contribution in [1.29, 1.82) is 0 Å². The average Bonchev–Trinajstić information content (AvgIpc) is 2.59. The molecule has 1 aromatic rings. The van der Waals surface area contributed by atoms with Crippen molar-refractivity contribution in [2.24, 2.45) is 0 Å². The smallest absolute Gasteiger partial charge is 0.334 e. The van der Waals surface area contributed by atoms with E-state index < -0.39 is 23.7 Å². The van der Waals surface area contributed by atoms with E-state index >= 15 is 0 Å². The van der Waals surface area contributed by atoms with E-state index in [1.165, 1.54) is 18.2 Å². The molecule has 0 radical (unpaired) electrons. The first-order valence-corrected chi connectivity index (χ1v) is 8.41. The molecule has 3 amide bonds. The highest BCUT2D eigenvalue weighted by Crippen LogP contribution is 2.34. The lowest BCUT2D eigenvalue weighted by molar-refractivity contribution is -0.137. The quantitative estimate of drug-likeness (QED) is 0.784. The summed E-state index contributed by atoms with van der Waals surface area (Å²) in [6.45, 7) is 4.36. The lowest BCUT2D eigenvalue weighted by atomic mass is 9.94. The maximum Gasteiger partial charge on any atom is 0.416 e. The summed E-state index contributed by atoms with van der Waals surface area (Å²) in [5, 5.41) is 4.69. The number of amides is 3. The normalized spacial score (nSPS) is 18.2. The highest BCUT2D eigenvalue weighted by atomic mass is 19.4. The van der Waals surface area contributed by atoms with Gasteiger partial charge in [-0.1, -0.05) is 24.6 Å². The molecular weight excluding hydrogens is 347 g/mol. The molecular formula is C18H22F3N3O2. The summed E-state index contributed by atoms with van der Waals surface area (Å²) in [6, 6.07) is 4.29. The number of piperidine rings is 1. The molecule has 1 aliphatic rings. The molecule has 0 bridgehead atoms. The Morgan fingerprint density at radius 2 is 1.92 bits per heavy atom. The van der Waals surface area contributed by atoms with Crippen LogP contribution in [-0.4, -0.2) is 36.5 Å². The second kappa shape index (κ2) is 8.84. The van der Waals surface area contributed by atoms with E-state index in [0.717, 1.165) is 37.0 Å². The summed E-state index contributed by atoms with van der Waals surface area (Å²) in [5.41, 5.74) is 0.0434. The number of alkyl halides is 3. The number of benzene rings is 1. The highest BCUT2D eigenvalue weighted by Gasteiger charge is 2.31. The van der Waals surface area contributed by atoms with Crippen molar-refractivity contribution in [3.05, 3.63) is 48.0 Å². The van der Waals surface area contributed by atoms with Crippen molar-refractivity contribution in [3.8, 4) is 0 Å². The van der Waals surface area contributed by atoms with Gasteiger partial charge < -0.3 is 5.32 Å². The Kier molecular flexibility index (Phi) is 6.79. The predicted molar refractivity (Wildman–Crippen MR) is 91.3 cm³/mol. The van der Waals surface area contributed by atoms with E-state index in [0.29, 0.717) is 6.54 Å². The van der Waals surface area contributed by atoms with Crippen molar-refractivity contribution in [3.63, 3.8) is 0 Å². The third kappa shape index (κ3) is 5.59. The van der Waals surface area contributed by atoms with Crippen LogP contribution >= 0.6 is 0 Å². The summed E-state index contributed by atoms with van der Waals surface area (Å²) < 4.78 is 38.1.